The maximum Gasteiger partial charge on any atom is 0.139 e. The Bertz CT molecular complexity index is 555. The second-order valence-electron chi connectivity index (χ2n) is 5.57. The topological polar surface area (TPSA) is 29.9 Å². The lowest BCUT2D eigenvalue weighted by molar-refractivity contribution is 0.285. The Hall–Kier alpha value is -1.77. The van der Waals surface area contributed by atoms with Crippen molar-refractivity contribution in [1.82, 2.24) is 9.55 Å². The molecule has 1 fully saturated rings. The molecular formula is C16H21N3. The van der Waals surface area contributed by atoms with Crippen molar-refractivity contribution in [1.29, 1.82) is 0 Å². The molecule has 0 unspecified atom stereocenters. The van der Waals surface area contributed by atoms with Crippen molar-refractivity contribution in [2.24, 2.45) is 13.0 Å². The van der Waals surface area contributed by atoms with Crippen molar-refractivity contribution in [3.05, 3.63) is 36.7 Å². The van der Waals surface area contributed by atoms with E-state index in [2.05, 4.69) is 46.1 Å². The highest BCUT2D eigenvalue weighted by Crippen LogP contribution is 2.31. The molecule has 19 heavy (non-hydrogen) atoms. The summed E-state index contributed by atoms with van der Waals surface area (Å²) in [6.07, 6.45) is 7.95. The zero-order chi connectivity index (χ0) is 13.2. The van der Waals surface area contributed by atoms with Crippen LogP contribution < -0.4 is 5.32 Å². The van der Waals surface area contributed by atoms with Crippen LogP contribution in [0.5, 0.6) is 0 Å². The van der Waals surface area contributed by atoms with E-state index < -0.39 is 0 Å². The Balaban J connectivity index is 1.78. The van der Waals surface area contributed by atoms with Crippen LogP contribution in [0.2, 0.25) is 0 Å². The molecule has 3 nitrogen and oxygen atoms in total. The van der Waals surface area contributed by atoms with Crippen LogP contribution in [0, 0.1) is 5.92 Å². The standard InChI is InChI=1S/C16H21N3/c1-12(13-5-3-6-13)18-15-8-4-7-14(11-15)16-17-9-10-19(16)2/h4,7-13,18H,3,5-6H2,1-2H3/t12-/m0/s1. The molecule has 1 aliphatic rings. The Kier molecular flexibility index (Phi) is 3.28. The van der Waals surface area contributed by atoms with Crippen molar-refractivity contribution in [3.8, 4) is 11.4 Å². The number of imidazole rings is 1. The van der Waals surface area contributed by atoms with E-state index in [0.29, 0.717) is 6.04 Å². The number of aryl methyl sites for hydroxylation is 1. The molecule has 1 aromatic carbocycles. The average molecular weight is 255 g/mol. The fourth-order valence-corrected chi connectivity index (χ4v) is 2.71. The number of hydrogen-bond donors (Lipinski definition) is 1. The Morgan fingerprint density at radius 2 is 2.21 bits per heavy atom. The van der Waals surface area contributed by atoms with Gasteiger partial charge in [0, 0.05) is 36.7 Å². The van der Waals surface area contributed by atoms with E-state index in [-0.39, 0.29) is 0 Å². The molecule has 0 spiro atoms. The molecule has 1 saturated carbocycles. The molecule has 1 N–H and O–H groups in total. The van der Waals surface area contributed by atoms with E-state index in [1.807, 2.05) is 19.4 Å². The largest absolute Gasteiger partial charge is 0.382 e. The molecule has 1 aliphatic carbocycles. The molecule has 0 amide bonds. The molecule has 1 aromatic heterocycles. The van der Waals surface area contributed by atoms with E-state index in [4.69, 9.17) is 0 Å². The summed E-state index contributed by atoms with van der Waals surface area (Å²) in [6, 6.07) is 9.10. The van der Waals surface area contributed by atoms with E-state index in [1.165, 1.54) is 30.5 Å². The van der Waals surface area contributed by atoms with Crippen LogP contribution >= 0.6 is 0 Å². The van der Waals surface area contributed by atoms with Gasteiger partial charge in [0.2, 0.25) is 0 Å². The molecule has 2 aromatic rings. The fourth-order valence-electron chi connectivity index (χ4n) is 2.71. The lowest BCUT2D eigenvalue weighted by Crippen LogP contribution is -2.30. The predicted octanol–water partition coefficient (Wildman–Crippen LogP) is 3.69. The SMILES string of the molecule is C[C@H](Nc1cccc(-c2nccn2C)c1)C1CCC1. The number of rotatable bonds is 4. The smallest absolute Gasteiger partial charge is 0.139 e. The van der Waals surface area contributed by atoms with Crippen molar-refractivity contribution in [3.63, 3.8) is 0 Å². The lowest BCUT2D eigenvalue weighted by Gasteiger charge is -2.32. The van der Waals surface area contributed by atoms with Gasteiger partial charge in [-0.3, -0.25) is 0 Å². The van der Waals surface area contributed by atoms with E-state index >= 15 is 0 Å². The first-order chi connectivity index (χ1) is 9.24. The second kappa shape index (κ2) is 5.08. The second-order valence-corrected chi connectivity index (χ2v) is 5.57. The van der Waals surface area contributed by atoms with E-state index in [0.717, 1.165) is 11.7 Å². The Morgan fingerprint density at radius 1 is 1.37 bits per heavy atom. The molecule has 1 heterocycles. The summed E-state index contributed by atoms with van der Waals surface area (Å²) in [5.74, 6) is 1.86. The average Bonchev–Trinajstić information content (AvgIpc) is 2.73. The molecule has 3 rings (SSSR count). The lowest BCUT2D eigenvalue weighted by atomic mass is 9.80. The van der Waals surface area contributed by atoms with Crippen LogP contribution in [-0.2, 0) is 7.05 Å². The van der Waals surface area contributed by atoms with E-state index in [9.17, 15) is 0 Å². The van der Waals surface area contributed by atoms with E-state index in [1.54, 1.807) is 0 Å². The number of nitrogens with one attached hydrogen (secondary N) is 1. The zero-order valence-corrected chi connectivity index (χ0v) is 11.6. The number of anilines is 1. The van der Waals surface area contributed by atoms with Crippen LogP contribution in [0.15, 0.2) is 36.7 Å². The number of benzene rings is 1. The van der Waals surface area contributed by atoms with Crippen LogP contribution in [0.1, 0.15) is 26.2 Å². The summed E-state index contributed by atoms with van der Waals surface area (Å²) in [7, 11) is 2.03. The highest BCUT2D eigenvalue weighted by atomic mass is 15.0. The summed E-state index contributed by atoms with van der Waals surface area (Å²) < 4.78 is 2.05. The van der Waals surface area contributed by atoms with Crippen molar-refractivity contribution < 1.29 is 0 Å². The van der Waals surface area contributed by atoms with Gasteiger partial charge in [-0.1, -0.05) is 18.6 Å². The van der Waals surface area contributed by atoms with Gasteiger partial charge in [0.25, 0.3) is 0 Å². The maximum absolute atomic E-state index is 4.40. The third-order valence-electron chi connectivity index (χ3n) is 4.19. The Labute approximate surface area is 114 Å². The first kappa shape index (κ1) is 12.3. The van der Waals surface area contributed by atoms with Gasteiger partial charge >= 0.3 is 0 Å². The summed E-state index contributed by atoms with van der Waals surface area (Å²) in [5.41, 5.74) is 2.36. The molecule has 0 radical (unpaired) electrons. The molecular weight excluding hydrogens is 234 g/mol. The van der Waals surface area contributed by atoms with Gasteiger partial charge in [0.05, 0.1) is 0 Å². The van der Waals surface area contributed by atoms with Gasteiger partial charge in [-0.25, -0.2) is 4.98 Å². The highest BCUT2D eigenvalue weighted by Gasteiger charge is 2.23. The highest BCUT2D eigenvalue weighted by molar-refractivity contribution is 5.63. The summed E-state index contributed by atoms with van der Waals surface area (Å²) in [5, 5.41) is 3.63. The molecule has 100 valence electrons. The Morgan fingerprint density at radius 3 is 2.84 bits per heavy atom. The molecule has 0 bridgehead atoms. The maximum atomic E-state index is 4.40. The number of hydrogen-bond acceptors (Lipinski definition) is 2. The first-order valence-corrected chi connectivity index (χ1v) is 7.08. The molecule has 0 saturated heterocycles. The van der Waals surface area contributed by atoms with Crippen LogP contribution in [0.4, 0.5) is 5.69 Å². The van der Waals surface area contributed by atoms with Gasteiger partial charge in [-0.05, 0) is 37.8 Å². The van der Waals surface area contributed by atoms with Gasteiger partial charge in [-0.15, -0.1) is 0 Å². The summed E-state index contributed by atoms with van der Waals surface area (Å²) in [4.78, 5) is 4.40. The minimum absolute atomic E-state index is 0.561. The fraction of sp³-hybridized carbons (Fsp3) is 0.438. The third-order valence-corrected chi connectivity index (χ3v) is 4.19. The molecule has 3 heteroatoms. The minimum atomic E-state index is 0.561. The first-order valence-electron chi connectivity index (χ1n) is 7.08. The summed E-state index contributed by atoms with van der Waals surface area (Å²) in [6.45, 7) is 2.29. The summed E-state index contributed by atoms with van der Waals surface area (Å²) >= 11 is 0. The van der Waals surface area contributed by atoms with Crippen molar-refractivity contribution >= 4 is 5.69 Å². The predicted molar refractivity (Wildman–Crippen MR) is 79.1 cm³/mol. The van der Waals surface area contributed by atoms with Crippen LogP contribution in [0.25, 0.3) is 11.4 Å². The van der Waals surface area contributed by atoms with Crippen molar-refractivity contribution in [2.75, 3.05) is 5.32 Å². The van der Waals surface area contributed by atoms with Crippen LogP contribution in [0.3, 0.4) is 0 Å². The quantitative estimate of drug-likeness (QED) is 0.903. The van der Waals surface area contributed by atoms with Gasteiger partial charge in [-0.2, -0.15) is 0 Å². The van der Waals surface area contributed by atoms with Gasteiger partial charge < -0.3 is 9.88 Å². The minimum Gasteiger partial charge on any atom is -0.382 e. The van der Waals surface area contributed by atoms with Crippen molar-refractivity contribution in [2.45, 2.75) is 32.2 Å². The monoisotopic (exact) mass is 255 g/mol. The van der Waals surface area contributed by atoms with Gasteiger partial charge in [0.15, 0.2) is 0 Å². The normalized spacial score (nSPS) is 16.9. The molecule has 1 atom stereocenters. The van der Waals surface area contributed by atoms with Gasteiger partial charge in [0.1, 0.15) is 5.82 Å². The molecule has 0 aliphatic heterocycles. The van der Waals surface area contributed by atoms with Crippen LogP contribution in [-0.4, -0.2) is 15.6 Å². The zero-order valence-electron chi connectivity index (χ0n) is 11.6. The third kappa shape index (κ3) is 2.50. The number of aromatic nitrogens is 2. The number of nitrogens with zero attached hydrogens (tertiary/aromatic N) is 2.